The number of benzene rings is 2. The third-order valence-electron chi connectivity index (χ3n) is 3.58. The number of rotatable bonds is 3. The maximum absolute atomic E-state index is 6.29. The average molecular weight is 343 g/mol. The molecular weight excluding hydrogens is 329 g/mol. The molecule has 1 aliphatic rings. The van der Waals surface area contributed by atoms with Crippen LogP contribution in [0.25, 0.3) is 0 Å². The van der Waals surface area contributed by atoms with E-state index in [-0.39, 0.29) is 6.04 Å². The Morgan fingerprint density at radius 2 is 1.67 bits per heavy atom. The highest BCUT2D eigenvalue weighted by Crippen LogP contribution is 2.35. The number of nitrogens with two attached hydrogens (primary N) is 1. The summed E-state index contributed by atoms with van der Waals surface area (Å²) < 4.78 is 5.70. The summed E-state index contributed by atoms with van der Waals surface area (Å²) in [4.78, 5) is 0. The van der Waals surface area contributed by atoms with Gasteiger partial charge in [0.05, 0.1) is 6.61 Å². The normalized spacial score (nSPS) is 14.7. The highest BCUT2D eigenvalue weighted by atomic mass is 35.5. The molecule has 2 nitrogen and oxygen atoms in total. The SMILES string of the molecule is NC(Cc1cc(Cl)cc2c1OCC2)c1cc(Cl)cc(Cl)c1. The topological polar surface area (TPSA) is 35.2 Å². The van der Waals surface area contributed by atoms with Crippen molar-refractivity contribution in [2.45, 2.75) is 18.9 Å². The lowest BCUT2D eigenvalue weighted by atomic mass is 9.97. The molecule has 110 valence electrons. The smallest absolute Gasteiger partial charge is 0.125 e. The number of ether oxygens (including phenoxy) is 1. The molecule has 1 heterocycles. The molecule has 1 atom stereocenters. The highest BCUT2D eigenvalue weighted by Gasteiger charge is 2.20. The lowest BCUT2D eigenvalue weighted by Gasteiger charge is -2.15. The predicted octanol–water partition coefficient (Wildman–Crippen LogP) is 4.82. The highest BCUT2D eigenvalue weighted by molar-refractivity contribution is 6.34. The third kappa shape index (κ3) is 3.29. The zero-order valence-corrected chi connectivity index (χ0v) is 13.5. The van der Waals surface area contributed by atoms with Gasteiger partial charge in [-0.3, -0.25) is 0 Å². The van der Waals surface area contributed by atoms with Gasteiger partial charge in [-0.25, -0.2) is 0 Å². The van der Waals surface area contributed by atoms with Gasteiger partial charge in [0.15, 0.2) is 0 Å². The van der Waals surface area contributed by atoms with Crippen LogP contribution in [-0.4, -0.2) is 6.61 Å². The van der Waals surface area contributed by atoms with Crippen LogP contribution < -0.4 is 10.5 Å². The van der Waals surface area contributed by atoms with Gasteiger partial charge in [-0.1, -0.05) is 34.8 Å². The maximum atomic E-state index is 6.29. The summed E-state index contributed by atoms with van der Waals surface area (Å²) in [6.07, 6.45) is 1.51. The van der Waals surface area contributed by atoms with E-state index in [0.717, 1.165) is 28.9 Å². The minimum atomic E-state index is -0.215. The molecule has 2 aromatic carbocycles. The average Bonchev–Trinajstić information content (AvgIpc) is 2.85. The summed E-state index contributed by atoms with van der Waals surface area (Å²) in [7, 11) is 0. The Balaban J connectivity index is 1.90. The number of halogens is 3. The van der Waals surface area contributed by atoms with Crippen molar-refractivity contribution >= 4 is 34.8 Å². The Morgan fingerprint density at radius 3 is 2.38 bits per heavy atom. The number of hydrogen-bond donors (Lipinski definition) is 1. The van der Waals surface area contributed by atoms with Crippen LogP contribution >= 0.6 is 34.8 Å². The van der Waals surface area contributed by atoms with Crippen molar-refractivity contribution in [1.82, 2.24) is 0 Å². The van der Waals surface area contributed by atoms with Crippen LogP contribution in [0.3, 0.4) is 0 Å². The van der Waals surface area contributed by atoms with Gasteiger partial charge in [0.1, 0.15) is 5.75 Å². The van der Waals surface area contributed by atoms with Crippen molar-refractivity contribution in [3.63, 3.8) is 0 Å². The number of hydrogen-bond acceptors (Lipinski definition) is 2. The molecule has 0 aromatic heterocycles. The minimum Gasteiger partial charge on any atom is -0.493 e. The lowest BCUT2D eigenvalue weighted by Crippen LogP contribution is -2.14. The molecule has 0 amide bonds. The van der Waals surface area contributed by atoms with Gasteiger partial charge in [-0.05, 0) is 53.4 Å². The Hall–Kier alpha value is -0.930. The van der Waals surface area contributed by atoms with Gasteiger partial charge < -0.3 is 10.5 Å². The molecular formula is C16H14Cl3NO. The molecule has 0 saturated heterocycles. The minimum absolute atomic E-state index is 0.215. The Kier molecular flexibility index (Phi) is 4.32. The van der Waals surface area contributed by atoms with Gasteiger partial charge in [0.2, 0.25) is 0 Å². The van der Waals surface area contributed by atoms with Crippen LogP contribution in [0.5, 0.6) is 5.75 Å². The second-order valence-corrected chi connectivity index (χ2v) is 6.47. The summed E-state index contributed by atoms with van der Waals surface area (Å²) in [5.41, 5.74) is 9.37. The fourth-order valence-electron chi connectivity index (χ4n) is 2.64. The first-order chi connectivity index (χ1) is 10.0. The van der Waals surface area contributed by atoms with Gasteiger partial charge in [0, 0.05) is 27.5 Å². The first kappa shape index (κ1) is 15.0. The van der Waals surface area contributed by atoms with E-state index in [1.807, 2.05) is 24.3 Å². The largest absolute Gasteiger partial charge is 0.493 e. The molecule has 0 radical (unpaired) electrons. The summed E-state index contributed by atoms with van der Waals surface area (Å²) in [5, 5.41) is 1.88. The van der Waals surface area contributed by atoms with Crippen molar-refractivity contribution < 1.29 is 4.74 Å². The molecule has 3 rings (SSSR count). The standard InChI is InChI=1S/C16H14Cl3NO/c17-12-3-9-1-2-21-16(9)11(6-12)7-15(20)10-4-13(18)8-14(19)5-10/h3-6,8,15H,1-2,7,20H2. The summed E-state index contributed by atoms with van der Waals surface area (Å²) in [6, 6.07) is 9.02. The van der Waals surface area contributed by atoms with E-state index < -0.39 is 0 Å². The maximum Gasteiger partial charge on any atom is 0.125 e. The van der Waals surface area contributed by atoms with Crippen molar-refractivity contribution in [2.75, 3.05) is 6.61 Å². The first-order valence-corrected chi connectivity index (χ1v) is 7.82. The van der Waals surface area contributed by atoms with E-state index in [0.29, 0.717) is 28.1 Å². The quantitative estimate of drug-likeness (QED) is 0.867. The Bertz CT molecular complexity index is 667. The van der Waals surface area contributed by atoms with Crippen LogP contribution in [0, 0.1) is 0 Å². The van der Waals surface area contributed by atoms with Crippen molar-refractivity contribution in [2.24, 2.45) is 5.73 Å². The second-order valence-electron chi connectivity index (χ2n) is 5.17. The molecule has 0 fully saturated rings. The van der Waals surface area contributed by atoms with Crippen LogP contribution in [0.4, 0.5) is 0 Å². The van der Waals surface area contributed by atoms with Crippen LogP contribution in [0.2, 0.25) is 15.1 Å². The predicted molar refractivity (Wildman–Crippen MR) is 87.7 cm³/mol. The Morgan fingerprint density at radius 1 is 1.00 bits per heavy atom. The van der Waals surface area contributed by atoms with Crippen molar-refractivity contribution in [1.29, 1.82) is 0 Å². The summed E-state index contributed by atoms with van der Waals surface area (Å²) in [6.45, 7) is 0.695. The number of fused-ring (bicyclic) bond motifs is 1. The molecule has 0 aliphatic carbocycles. The first-order valence-electron chi connectivity index (χ1n) is 6.68. The zero-order chi connectivity index (χ0) is 15.0. The fraction of sp³-hybridized carbons (Fsp3) is 0.250. The van der Waals surface area contributed by atoms with E-state index >= 15 is 0 Å². The van der Waals surface area contributed by atoms with Crippen LogP contribution in [0.1, 0.15) is 22.7 Å². The monoisotopic (exact) mass is 341 g/mol. The molecule has 0 spiro atoms. The molecule has 2 aromatic rings. The molecule has 2 N–H and O–H groups in total. The second kappa shape index (κ2) is 6.05. The fourth-order valence-corrected chi connectivity index (χ4v) is 3.45. The van der Waals surface area contributed by atoms with Crippen molar-refractivity contribution in [3.8, 4) is 5.75 Å². The van der Waals surface area contributed by atoms with E-state index in [2.05, 4.69) is 0 Å². The molecule has 0 bridgehead atoms. The van der Waals surface area contributed by atoms with Gasteiger partial charge in [0.25, 0.3) is 0 Å². The van der Waals surface area contributed by atoms with E-state index in [4.69, 9.17) is 45.3 Å². The van der Waals surface area contributed by atoms with Crippen LogP contribution in [0.15, 0.2) is 30.3 Å². The summed E-state index contributed by atoms with van der Waals surface area (Å²) in [5.74, 6) is 0.919. The van der Waals surface area contributed by atoms with E-state index in [1.54, 1.807) is 6.07 Å². The van der Waals surface area contributed by atoms with Gasteiger partial charge in [-0.2, -0.15) is 0 Å². The molecule has 1 aliphatic heterocycles. The lowest BCUT2D eigenvalue weighted by molar-refractivity contribution is 0.352. The summed E-state index contributed by atoms with van der Waals surface area (Å²) >= 11 is 18.2. The van der Waals surface area contributed by atoms with Gasteiger partial charge in [-0.15, -0.1) is 0 Å². The molecule has 21 heavy (non-hydrogen) atoms. The van der Waals surface area contributed by atoms with E-state index in [9.17, 15) is 0 Å². The van der Waals surface area contributed by atoms with Crippen molar-refractivity contribution in [3.05, 3.63) is 62.1 Å². The van der Waals surface area contributed by atoms with Gasteiger partial charge >= 0.3 is 0 Å². The Labute approximate surface area is 138 Å². The van der Waals surface area contributed by atoms with Crippen LogP contribution in [-0.2, 0) is 12.8 Å². The molecule has 0 saturated carbocycles. The molecule has 1 unspecified atom stereocenters. The van der Waals surface area contributed by atoms with E-state index in [1.165, 1.54) is 0 Å². The molecule has 5 heteroatoms. The zero-order valence-electron chi connectivity index (χ0n) is 11.2. The third-order valence-corrected chi connectivity index (χ3v) is 4.23.